The van der Waals surface area contributed by atoms with E-state index in [1.807, 2.05) is 6.07 Å². The van der Waals surface area contributed by atoms with Crippen molar-refractivity contribution in [3.05, 3.63) is 47.7 Å². The van der Waals surface area contributed by atoms with Gasteiger partial charge >= 0.3 is 12.0 Å². The van der Waals surface area contributed by atoms with Gasteiger partial charge in [0.15, 0.2) is 6.61 Å². The van der Waals surface area contributed by atoms with Crippen LogP contribution in [0.4, 0.5) is 4.79 Å². The maximum atomic E-state index is 12.3. The highest BCUT2D eigenvalue weighted by Gasteiger charge is 2.21. The quantitative estimate of drug-likeness (QED) is 0.557. The lowest BCUT2D eigenvalue weighted by atomic mass is 9.87. The zero-order valence-corrected chi connectivity index (χ0v) is 15.3. The molecule has 27 heavy (non-hydrogen) atoms. The van der Waals surface area contributed by atoms with E-state index in [2.05, 4.69) is 29.1 Å². The Balaban J connectivity index is 1.64. The monoisotopic (exact) mass is 369 g/mol. The summed E-state index contributed by atoms with van der Waals surface area (Å²) in [4.78, 5) is 38.7. The summed E-state index contributed by atoms with van der Waals surface area (Å²) in [5.74, 6) is -0.681. The number of aromatic nitrogens is 1. The van der Waals surface area contributed by atoms with E-state index in [0.29, 0.717) is 11.5 Å². The first-order valence-corrected chi connectivity index (χ1v) is 8.97. The van der Waals surface area contributed by atoms with Crippen LogP contribution in [0.5, 0.6) is 0 Å². The SMILES string of the molecule is C=CCNC(=O)NC(=O)COC(=O)c1ccc2[nH]c3c(c2c1)C[C@@H](C)CC3. The molecule has 0 fully saturated rings. The van der Waals surface area contributed by atoms with Crippen molar-refractivity contribution in [2.24, 2.45) is 5.92 Å². The molecule has 1 aliphatic rings. The topological polar surface area (TPSA) is 100 Å². The number of esters is 1. The van der Waals surface area contributed by atoms with Crippen molar-refractivity contribution in [2.45, 2.75) is 26.2 Å². The predicted octanol–water partition coefficient (Wildman–Crippen LogP) is 2.46. The van der Waals surface area contributed by atoms with Crippen LogP contribution in [0.3, 0.4) is 0 Å². The number of rotatable bonds is 5. The van der Waals surface area contributed by atoms with Crippen molar-refractivity contribution in [1.82, 2.24) is 15.6 Å². The van der Waals surface area contributed by atoms with Gasteiger partial charge < -0.3 is 15.0 Å². The Bertz CT molecular complexity index is 900. The smallest absolute Gasteiger partial charge is 0.338 e. The minimum absolute atomic E-state index is 0.235. The fourth-order valence-electron chi connectivity index (χ4n) is 3.30. The van der Waals surface area contributed by atoms with Gasteiger partial charge in [-0.15, -0.1) is 6.58 Å². The average Bonchev–Trinajstić information content (AvgIpc) is 3.01. The number of imide groups is 1. The van der Waals surface area contributed by atoms with Crippen LogP contribution in [0.1, 0.15) is 35.0 Å². The third-order valence-electron chi connectivity index (χ3n) is 4.66. The van der Waals surface area contributed by atoms with Gasteiger partial charge in [0, 0.05) is 23.1 Å². The molecule has 0 aliphatic heterocycles. The summed E-state index contributed by atoms with van der Waals surface area (Å²) in [5.41, 5.74) is 3.88. The van der Waals surface area contributed by atoms with Gasteiger partial charge in [-0.1, -0.05) is 13.0 Å². The molecule has 0 unspecified atom stereocenters. The standard InChI is InChI=1S/C20H23N3O4/c1-3-8-21-20(26)23-18(24)11-27-19(25)13-5-7-17-15(10-13)14-9-12(2)4-6-16(14)22-17/h3,5,7,10,12,22H,1,4,6,8-9,11H2,2H3,(H2,21,23,24,26)/t12-/m0/s1. The number of carbonyl (C=O) groups is 3. The number of H-pyrrole nitrogens is 1. The highest BCUT2D eigenvalue weighted by atomic mass is 16.5. The van der Waals surface area contributed by atoms with E-state index >= 15 is 0 Å². The fourth-order valence-corrected chi connectivity index (χ4v) is 3.30. The first-order chi connectivity index (χ1) is 13.0. The molecule has 7 nitrogen and oxygen atoms in total. The maximum Gasteiger partial charge on any atom is 0.338 e. The Labute approximate surface area is 157 Å². The van der Waals surface area contributed by atoms with Crippen LogP contribution in [0.25, 0.3) is 10.9 Å². The van der Waals surface area contributed by atoms with E-state index < -0.39 is 24.5 Å². The molecule has 2 aromatic rings. The molecule has 1 heterocycles. The Morgan fingerprint density at radius 3 is 2.96 bits per heavy atom. The summed E-state index contributed by atoms with van der Waals surface area (Å²) in [6, 6.07) is 4.67. The van der Waals surface area contributed by atoms with Gasteiger partial charge in [0.2, 0.25) is 0 Å². The third-order valence-corrected chi connectivity index (χ3v) is 4.66. The van der Waals surface area contributed by atoms with Crippen molar-refractivity contribution in [3.8, 4) is 0 Å². The van der Waals surface area contributed by atoms with E-state index in [4.69, 9.17) is 4.74 Å². The van der Waals surface area contributed by atoms with E-state index in [1.165, 1.54) is 17.3 Å². The number of benzene rings is 1. The molecule has 3 amide bonds. The van der Waals surface area contributed by atoms with Crippen LogP contribution in [0, 0.1) is 5.92 Å². The lowest BCUT2D eigenvalue weighted by Crippen LogP contribution is -2.41. The predicted molar refractivity (Wildman–Crippen MR) is 102 cm³/mol. The van der Waals surface area contributed by atoms with Crippen molar-refractivity contribution >= 4 is 28.8 Å². The summed E-state index contributed by atoms with van der Waals surface area (Å²) in [6.07, 6.45) is 4.64. The second kappa shape index (κ2) is 8.07. The molecule has 1 atom stereocenters. The molecule has 3 rings (SSSR count). The van der Waals surface area contributed by atoms with E-state index in [1.54, 1.807) is 12.1 Å². The lowest BCUT2D eigenvalue weighted by molar-refractivity contribution is -0.123. The maximum absolute atomic E-state index is 12.3. The summed E-state index contributed by atoms with van der Waals surface area (Å²) in [6.45, 7) is 5.39. The number of nitrogens with one attached hydrogen (secondary N) is 3. The average molecular weight is 369 g/mol. The molecular weight excluding hydrogens is 346 g/mol. The Hall–Kier alpha value is -3.09. The van der Waals surface area contributed by atoms with Crippen LogP contribution in [-0.4, -0.2) is 36.0 Å². The van der Waals surface area contributed by atoms with E-state index in [-0.39, 0.29) is 6.54 Å². The minimum atomic E-state index is -0.696. The van der Waals surface area contributed by atoms with Gasteiger partial charge in [-0.2, -0.15) is 0 Å². The summed E-state index contributed by atoms with van der Waals surface area (Å²) < 4.78 is 5.02. The van der Waals surface area contributed by atoms with Gasteiger partial charge in [-0.3, -0.25) is 10.1 Å². The summed E-state index contributed by atoms with van der Waals surface area (Å²) >= 11 is 0. The molecule has 142 valence electrons. The van der Waals surface area contributed by atoms with Gasteiger partial charge in [0.1, 0.15) is 0 Å². The molecule has 1 aliphatic carbocycles. The Morgan fingerprint density at radius 1 is 1.37 bits per heavy atom. The molecule has 0 spiro atoms. The minimum Gasteiger partial charge on any atom is -0.452 e. The van der Waals surface area contributed by atoms with Gasteiger partial charge in [-0.25, -0.2) is 9.59 Å². The van der Waals surface area contributed by atoms with Crippen LogP contribution in [-0.2, 0) is 22.4 Å². The molecule has 3 N–H and O–H groups in total. The van der Waals surface area contributed by atoms with Crippen LogP contribution in [0.2, 0.25) is 0 Å². The normalized spacial score (nSPS) is 15.7. The van der Waals surface area contributed by atoms with Crippen molar-refractivity contribution in [2.75, 3.05) is 13.2 Å². The molecule has 0 bridgehead atoms. The molecule has 0 saturated heterocycles. The first kappa shape index (κ1) is 18.7. The number of hydrogen-bond donors (Lipinski definition) is 3. The van der Waals surface area contributed by atoms with Crippen LogP contribution in [0.15, 0.2) is 30.9 Å². The van der Waals surface area contributed by atoms with Crippen LogP contribution >= 0.6 is 0 Å². The van der Waals surface area contributed by atoms with Crippen molar-refractivity contribution in [1.29, 1.82) is 0 Å². The second-order valence-electron chi connectivity index (χ2n) is 6.81. The molecule has 0 saturated carbocycles. The lowest BCUT2D eigenvalue weighted by Gasteiger charge is -2.18. The Kier molecular flexibility index (Phi) is 5.59. The van der Waals surface area contributed by atoms with Crippen molar-refractivity contribution < 1.29 is 19.1 Å². The summed E-state index contributed by atoms with van der Waals surface area (Å²) in [7, 11) is 0. The molecule has 0 radical (unpaired) electrons. The summed E-state index contributed by atoms with van der Waals surface area (Å²) in [5, 5.41) is 5.50. The number of amides is 3. The van der Waals surface area contributed by atoms with E-state index in [0.717, 1.165) is 30.2 Å². The number of aryl methyl sites for hydroxylation is 1. The zero-order valence-electron chi connectivity index (χ0n) is 15.3. The third kappa shape index (κ3) is 4.36. The second-order valence-corrected chi connectivity index (χ2v) is 6.81. The molecule has 7 heteroatoms. The fraction of sp³-hybridized carbons (Fsp3) is 0.350. The van der Waals surface area contributed by atoms with Gasteiger partial charge in [0.05, 0.1) is 5.56 Å². The number of ether oxygens (including phenoxy) is 1. The van der Waals surface area contributed by atoms with Gasteiger partial charge in [-0.05, 0) is 48.9 Å². The van der Waals surface area contributed by atoms with Crippen LogP contribution < -0.4 is 10.6 Å². The highest BCUT2D eigenvalue weighted by molar-refractivity contribution is 5.99. The number of aromatic amines is 1. The number of hydrogen-bond acceptors (Lipinski definition) is 4. The van der Waals surface area contributed by atoms with E-state index in [9.17, 15) is 14.4 Å². The van der Waals surface area contributed by atoms with Gasteiger partial charge in [0.25, 0.3) is 5.91 Å². The molecular formula is C20H23N3O4. The number of carbonyl (C=O) groups excluding carboxylic acids is 3. The molecule has 1 aromatic heterocycles. The van der Waals surface area contributed by atoms with Crippen molar-refractivity contribution in [3.63, 3.8) is 0 Å². The largest absolute Gasteiger partial charge is 0.452 e. The highest BCUT2D eigenvalue weighted by Crippen LogP contribution is 2.32. The first-order valence-electron chi connectivity index (χ1n) is 8.97. The Morgan fingerprint density at radius 2 is 2.19 bits per heavy atom. The number of urea groups is 1. The number of fused-ring (bicyclic) bond motifs is 3. The molecule has 1 aromatic carbocycles. The zero-order chi connectivity index (χ0) is 19.4.